The van der Waals surface area contributed by atoms with Crippen LogP contribution in [0.4, 0.5) is 0 Å². The molecule has 2 aliphatic heterocycles. The summed E-state index contributed by atoms with van der Waals surface area (Å²) in [4.78, 5) is 25.4. The highest BCUT2D eigenvalue weighted by atomic mass is 16.5. The molecule has 1 unspecified atom stereocenters. The van der Waals surface area contributed by atoms with Crippen molar-refractivity contribution in [3.8, 4) is 0 Å². The first-order valence-electron chi connectivity index (χ1n) is 7.58. The van der Waals surface area contributed by atoms with Crippen LogP contribution >= 0.6 is 0 Å². The van der Waals surface area contributed by atoms with Gasteiger partial charge in [-0.2, -0.15) is 0 Å². The summed E-state index contributed by atoms with van der Waals surface area (Å²) in [5.74, 6) is 0.319. The number of hydrogen-bond donors (Lipinski definition) is 0. The second kappa shape index (κ2) is 6.22. The summed E-state index contributed by atoms with van der Waals surface area (Å²) in [5, 5.41) is 0. The highest BCUT2D eigenvalue weighted by Gasteiger charge is 2.45. The van der Waals surface area contributed by atoms with Crippen molar-refractivity contribution in [2.24, 2.45) is 0 Å². The van der Waals surface area contributed by atoms with Gasteiger partial charge in [0.1, 0.15) is 12.4 Å². The van der Waals surface area contributed by atoms with Crippen molar-refractivity contribution < 1.29 is 19.1 Å². The number of nitrogens with zero attached hydrogens (tertiary/aromatic N) is 1. The Morgan fingerprint density at radius 1 is 1.36 bits per heavy atom. The molecule has 3 rings (SSSR count). The molecule has 1 aromatic rings. The number of β-lactam (4-membered cyclic amide) rings is 1. The van der Waals surface area contributed by atoms with Crippen molar-refractivity contribution >= 4 is 11.9 Å². The van der Waals surface area contributed by atoms with E-state index in [1.54, 1.807) is 4.90 Å². The summed E-state index contributed by atoms with van der Waals surface area (Å²) in [6.07, 6.45) is 1.64. The van der Waals surface area contributed by atoms with E-state index in [0.29, 0.717) is 30.7 Å². The molecule has 1 atom stereocenters. The van der Waals surface area contributed by atoms with Crippen molar-refractivity contribution in [3.63, 3.8) is 0 Å². The average Bonchev–Trinajstić information content (AvgIpc) is 2.88. The van der Waals surface area contributed by atoms with Gasteiger partial charge in [0.25, 0.3) is 0 Å². The molecule has 0 N–H and O–H groups in total. The quantitative estimate of drug-likeness (QED) is 0.476. The van der Waals surface area contributed by atoms with Crippen LogP contribution in [-0.4, -0.2) is 29.5 Å². The van der Waals surface area contributed by atoms with E-state index in [4.69, 9.17) is 9.47 Å². The average molecular weight is 301 g/mol. The Morgan fingerprint density at radius 2 is 2.14 bits per heavy atom. The van der Waals surface area contributed by atoms with Gasteiger partial charge in [-0.3, -0.25) is 9.69 Å². The van der Waals surface area contributed by atoms with Crippen molar-refractivity contribution in [1.82, 2.24) is 4.90 Å². The normalized spacial score (nSPS) is 21.8. The Hall–Kier alpha value is -2.30. The smallest absolute Gasteiger partial charge is 0.337 e. The summed E-state index contributed by atoms with van der Waals surface area (Å²) < 4.78 is 11.1. The summed E-state index contributed by atoms with van der Waals surface area (Å²) in [6.45, 7) is 2.63. The summed E-state index contributed by atoms with van der Waals surface area (Å²) in [5.41, 5.74) is 1.50. The molecule has 1 aromatic carbocycles. The SMILES string of the molecule is CCCC(C(=O)OCc1ccccc1)=C1CN2C(=O)CC2O1. The van der Waals surface area contributed by atoms with E-state index in [9.17, 15) is 9.59 Å². The molecule has 116 valence electrons. The predicted octanol–water partition coefficient (Wildman–Crippen LogP) is 2.37. The van der Waals surface area contributed by atoms with E-state index in [0.717, 1.165) is 12.0 Å². The second-order valence-corrected chi connectivity index (χ2v) is 5.51. The summed E-state index contributed by atoms with van der Waals surface area (Å²) in [6, 6.07) is 9.56. The molecule has 0 aromatic heterocycles. The fraction of sp³-hybridized carbons (Fsp3) is 0.412. The number of carbonyl (C=O) groups excluding carboxylic acids is 2. The lowest BCUT2D eigenvalue weighted by Crippen LogP contribution is -2.48. The van der Waals surface area contributed by atoms with Crippen LogP contribution in [-0.2, 0) is 25.7 Å². The first-order valence-corrected chi connectivity index (χ1v) is 7.58. The molecule has 2 fully saturated rings. The van der Waals surface area contributed by atoms with Crippen LogP contribution in [0.5, 0.6) is 0 Å². The molecule has 22 heavy (non-hydrogen) atoms. The number of rotatable bonds is 5. The third-order valence-corrected chi connectivity index (χ3v) is 3.91. The molecular weight excluding hydrogens is 282 g/mol. The second-order valence-electron chi connectivity index (χ2n) is 5.51. The summed E-state index contributed by atoms with van der Waals surface area (Å²) >= 11 is 0. The zero-order chi connectivity index (χ0) is 15.5. The van der Waals surface area contributed by atoms with E-state index in [1.165, 1.54) is 0 Å². The highest BCUT2D eigenvalue weighted by Crippen LogP contribution is 2.33. The Labute approximate surface area is 129 Å². The zero-order valence-electron chi connectivity index (χ0n) is 12.6. The van der Waals surface area contributed by atoms with Crippen molar-refractivity contribution in [2.45, 2.75) is 39.0 Å². The lowest BCUT2D eigenvalue weighted by Gasteiger charge is -2.30. The predicted molar refractivity (Wildman–Crippen MR) is 79.4 cm³/mol. The molecule has 0 spiro atoms. The third-order valence-electron chi connectivity index (χ3n) is 3.91. The number of hydrogen-bond acceptors (Lipinski definition) is 4. The first-order chi connectivity index (χ1) is 10.7. The van der Waals surface area contributed by atoms with Gasteiger partial charge in [-0.1, -0.05) is 43.7 Å². The first kappa shape index (κ1) is 14.6. The van der Waals surface area contributed by atoms with Gasteiger partial charge in [0.2, 0.25) is 5.91 Å². The fourth-order valence-corrected chi connectivity index (χ4v) is 2.66. The number of benzene rings is 1. The number of ether oxygens (including phenoxy) is 2. The van der Waals surface area contributed by atoms with Gasteiger partial charge in [-0.25, -0.2) is 4.79 Å². The van der Waals surface area contributed by atoms with Gasteiger partial charge in [0.15, 0.2) is 6.23 Å². The summed E-state index contributed by atoms with van der Waals surface area (Å²) in [7, 11) is 0. The molecule has 0 saturated carbocycles. The third kappa shape index (κ3) is 2.84. The highest BCUT2D eigenvalue weighted by molar-refractivity contribution is 5.90. The lowest BCUT2D eigenvalue weighted by atomic mass is 10.1. The monoisotopic (exact) mass is 301 g/mol. The largest absolute Gasteiger partial charge is 0.472 e. The van der Waals surface area contributed by atoms with Gasteiger partial charge in [-0.15, -0.1) is 0 Å². The molecule has 0 aliphatic carbocycles. The minimum Gasteiger partial charge on any atom is -0.472 e. The van der Waals surface area contributed by atoms with E-state index in [1.807, 2.05) is 37.3 Å². The molecular formula is C17H19NO4. The van der Waals surface area contributed by atoms with Gasteiger partial charge in [-0.05, 0) is 12.0 Å². The van der Waals surface area contributed by atoms with Crippen molar-refractivity contribution in [2.75, 3.05) is 6.54 Å². The number of fused-ring (bicyclic) bond motifs is 1. The number of carbonyl (C=O) groups is 2. The van der Waals surface area contributed by atoms with Crippen LogP contribution in [0.3, 0.4) is 0 Å². The fourth-order valence-electron chi connectivity index (χ4n) is 2.66. The minimum absolute atomic E-state index is 0.0773. The standard InChI is InChI=1S/C17H19NO4/c1-2-6-13(14-10-18-15(19)9-16(18)22-14)17(20)21-11-12-7-4-3-5-8-12/h3-5,7-8,16H,2,6,9-11H2,1H3. The minimum atomic E-state index is -0.351. The molecule has 0 bridgehead atoms. The maximum Gasteiger partial charge on any atom is 0.337 e. The van der Waals surface area contributed by atoms with E-state index in [-0.39, 0.29) is 24.7 Å². The van der Waals surface area contributed by atoms with E-state index in [2.05, 4.69) is 0 Å². The van der Waals surface area contributed by atoms with Crippen LogP contribution in [0.1, 0.15) is 31.7 Å². The van der Waals surface area contributed by atoms with Gasteiger partial charge >= 0.3 is 5.97 Å². The number of esters is 1. The van der Waals surface area contributed by atoms with Crippen molar-refractivity contribution in [3.05, 3.63) is 47.2 Å². The molecule has 1 amide bonds. The molecule has 5 heteroatoms. The molecule has 5 nitrogen and oxygen atoms in total. The lowest BCUT2D eigenvalue weighted by molar-refractivity contribution is -0.154. The molecule has 2 saturated heterocycles. The van der Waals surface area contributed by atoms with Crippen molar-refractivity contribution in [1.29, 1.82) is 0 Å². The van der Waals surface area contributed by atoms with Crippen LogP contribution in [0.25, 0.3) is 0 Å². The van der Waals surface area contributed by atoms with Gasteiger partial charge in [0, 0.05) is 0 Å². The maximum atomic E-state index is 12.3. The number of amides is 1. The van der Waals surface area contributed by atoms with Crippen LogP contribution < -0.4 is 0 Å². The van der Waals surface area contributed by atoms with Gasteiger partial charge in [0.05, 0.1) is 18.5 Å². The van der Waals surface area contributed by atoms with Crippen LogP contribution in [0, 0.1) is 0 Å². The molecule has 0 radical (unpaired) electrons. The van der Waals surface area contributed by atoms with Crippen LogP contribution in [0.15, 0.2) is 41.7 Å². The van der Waals surface area contributed by atoms with Gasteiger partial charge < -0.3 is 9.47 Å². The zero-order valence-corrected chi connectivity index (χ0v) is 12.6. The Bertz CT molecular complexity index is 608. The topological polar surface area (TPSA) is 55.8 Å². The Kier molecular flexibility index (Phi) is 4.13. The molecule has 2 heterocycles. The van der Waals surface area contributed by atoms with E-state index >= 15 is 0 Å². The Morgan fingerprint density at radius 3 is 2.77 bits per heavy atom. The Balaban J connectivity index is 1.68. The van der Waals surface area contributed by atoms with E-state index < -0.39 is 0 Å². The van der Waals surface area contributed by atoms with Crippen LogP contribution in [0.2, 0.25) is 0 Å². The molecule has 2 aliphatic rings. The maximum absolute atomic E-state index is 12.3.